The van der Waals surface area contributed by atoms with Gasteiger partial charge in [-0.1, -0.05) is 24.3 Å². The maximum atomic E-state index is 4.80. The molecule has 1 aromatic heterocycles. The zero-order valence-electron chi connectivity index (χ0n) is 8.39. The largest absolute Gasteiger partial charge is 0.497 e. The van der Waals surface area contributed by atoms with Crippen LogP contribution in [0.1, 0.15) is 0 Å². The van der Waals surface area contributed by atoms with Gasteiger partial charge >= 0.3 is 0 Å². The highest BCUT2D eigenvalue weighted by Gasteiger charge is 1.86. The average molecular weight is 199 g/mol. The SMILES string of the molecule is C1=CCOC=C1.c1ccc2[nH]ccc2c1. The lowest BCUT2D eigenvalue weighted by Crippen LogP contribution is -1.82. The van der Waals surface area contributed by atoms with Crippen molar-refractivity contribution in [2.75, 3.05) is 6.61 Å². The molecule has 3 rings (SSSR count). The Kier molecular flexibility index (Phi) is 3.23. The molecule has 2 nitrogen and oxygen atoms in total. The minimum Gasteiger partial charge on any atom is -0.497 e. The standard InChI is InChI=1S/C8H7N.C5H6O/c1-2-4-8-7(3-1)5-6-9-8;1-2-4-6-5-3-1/h1-6,9H;1-4H,5H2. The Hall–Kier alpha value is -1.96. The van der Waals surface area contributed by atoms with E-state index in [1.54, 1.807) is 6.26 Å². The van der Waals surface area contributed by atoms with E-state index in [2.05, 4.69) is 23.2 Å². The molecule has 0 radical (unpaired) electrons. The first-order valence-electron chi connectivity index (χ1n) is 4.92. The number of fused-ring (bicyclic) bond motifs is 1. The monoisotopic (exact) mass is 199 g/mol. The third kappa shape index (κ3) is 2.74. The van der Waals surface area contributed by atoms with Crippen LogP contribution in [0.2, 0.25) is 0 Å². The number of aromatic nitrogens is 1. The van der Waals surface area contributed by atoms with Gasteiger partial charge in [0.05, 0.1) is 6.26 Å². The summed E-state index contributed by atoms with van der Waals surface area (Å²) in [6, 6.07) is 10.3. The summed E-state index contributed by atoms with van der Waals surface area (Å²) >= 11 is 0. The number of nitrogens with one attached hydrogen (secondary N) is 1. The van der Waals surface area contributed by atoms with Crippen LogP contribution in [0.4, 0.5) is 0 Å². The Labute approximate surface area is 88.9 Å². The lowest BCUT2D eigenvalue weighted by atomic mass is 10.3. The van der Waals surface area contributed by atoms with Crippen molar-refractivity contribution in [1.82, 2.24) is 4.98 Å². The van der Waals surface area contributed by atoms with Gasteiger partial charge in [-0.05, 0) is 29.7 Å². The molecule has 1 aliphatic rings. The summed E-state index contributed by atoms with van der Waals surface area (Å²) in [5.74, 6) is 0. The molecule has 0 atom stereocenters. The number of aromatic amines is 1. The van der Waals surface area contributed by atoms with Gasteiger partial charge in [0.1, 0.15) is 6.61 Å². The van der Waals surface area contributed by atoms with E-state index in [-0.39, 0.29) is 0 Å². The van der Waals surface area contributed by atoms with Crippen molar-refractivity contribution in [3.8, 4) is 0 Å². The van der Waals surface area contributed by atoms with Gasteiger partial charge in [-0.3, -0.25) is 0 Å². The quantitative estimate of drug-likeness (QED) is 0.692. The molecule has 1 N–H and O–H groups in total. The van der Waals surface area contributed by atoms with E-state index in [0.717, 1.165) is 6.61 Å². The summed E-state index contributed by atoms with van der Waals surface area (Å²) in [5, 5.41) is 1.28. The van der Waals surface area contributed by atoms with Crippen LogP contribution in [0, 0.1) is 0 Å². The predicted octanol–water partition coefficient (Wildman–Crippen LogP) is 3.25. The number of rotatable bonds is 0. The summed E-state index contributed by atoms with van der Waals surface area (Å²) in [6.07, 6.45) is 9.41. The highest BCUT2D eigenvalue weighted by molar-refractivity contribution is 5.78. The van der Waals surface area contributed by atoms with E-state index >= 15 is 0 Å². The second-order valence-electron chi connectivity index (χ2n) is 3.15. The Bertz CT molecular complexity index is 426. The fraction of sp³-hybridized carbons (Fsp3) is 0.0769. The van der Waals surface area contributed by atoms with Crippen molar-refractivity contribution in [2.24, 2.45) is 0 Å². The van der Waals surface area contributed by atoms with Crippen LogP contribution in [0.25, 0.3) is 10.9 Å². The number of hydrogen-bond acceptors (Lipinski definition) is 1. The van der Waals surface area contributed by atoms with Gasteiger partial charge in [0.25, 0.3) is 0 Å². The minimum atomic E-state index is 0.733. The molecule has 2 heteroatoms. The molecule has 2 aromatic rings. The molecular formula is C13H13NO. The summed E-state index contributed by atoms with van der Waals surface area (Å²) in [6.45, 7) is 0.733. The van der Waals surface area contributed by atoms with Crippen LogP contribution in [0.15, 0.2) is 61.0 Å². The molecule has 0 fully saturated rings. The predicted molar refractivity (Wildman–Crippen MR) is 62.5 cm³/mol. The third-order valence-corrected chi connectivity index (χ3v) is 2.08. The van der Waals surface area contributed by atoms with Crippen LogP contribution < -0.4 is 0 Å². The maximum absolute atomic E-state index is 4.80. The molecule has 1 aliphatic heterocycles. The molecule has 0 saturated carbocycles. The Morgan fingerprint density at radius 2 is 2.00 bits per heavy atom. The van der Waals surface area contributed by atoms with E-state index < -0.39 is 0 Å². The molecular weight excluding hydrogens is 186 g/mol. The minimum absolute atomic E-state index is 0.733. The van der Waals surface area contributed by atoms with Crippen LogP contribution in [0.3, 0.4) is 0 Å². The van der Waals surface area contributed by atoms with Crippen LogP contribution in [0.5, 0.6) is 0 Å². The van der Waals surface area contributed by atoms with Gasteiger partial charge in [0.2, 0.25) is 0 Å². The lowest BCUT2D eigenvalue weighted by molar-refractivity contribution is 0.286. The summed E-state index contributed by atoms with van der Waals surface area (Å²) in [4.78, 5) is 3.12. The molecule has 2 heterocycles. The summed E-state index contributed by atoms with van der Waals surface area (Å²) < 4.78 is 4.80. The van der Waals surface area contributed by atoms with Gasteiger partial charge in [0.15, 0.2) is 0 Å². The smallest absolute Gasteiger partial charge is 0.106 e. The second kappa shape index (κ2) is 5.05. The normalized spacial score (nSPS) is 13.1. The van der Waals surface area contributed by atoms with Gasteiger partial charge in [-0.25, -0.2) is 0 Å². The van der Waals surface area contributed by atoms with Crippen molar-refractivity contribution >= 4 is 10.9 Å². The zero-order chi connectivity index (χ0) is 10.3. The average Bonchev–Trinajstić information content (AvgIpc) is 2.80. The van der Waals surface area contributed by atoms with Gasteiger partial charge < -0.3 is 9.72 Å². The molecule has 76 valence electrons. The molecule has 0 spiro atoms. The lowest BCUT2D eigenvalue weighted by Gasteiger charge is -1.94. The van der Waals surface area contributed by atoms with Gasteiger partial charge in [-0.2, -0.15) is 0 Å². The van der Waals surface area contributed by atoms with Crippen molar-refractivity contribution in [1.29, 1.82) is 0 Å². The van der Waals surface area contributed by atoms with Crippen LogP contribution >= 0.6 is 0 Å². The van der Waals surface area contributed by atoms with E-state index in [9.17, 15) is 0 Å². The van der Waals surface area contributed by atoms with E-state index in [1.807, 2.05) is 36.6 Å². The van der Waals surface area contributed by atoms with E-state index in [4.69, 9.17) is 4.74 Å². The number of H-pyrrole nitrogens is 1. The number of hydrogen-bond donors (Lipinski definition) is 1. The van der Waals surface area contributed by atoms with Crippen molar-refractivity contribution in [3.63, 3.8) is 0 Å². The first-order valence-corrected chi connectivity index (χ1v) is 4.92. The molecule has 1 aromatic carbocycles. The van der Waals surface area contributed by atoms with Gasteiger partial charge in [-0.15, -0.1) is 0 Å². The van der Waals surface area contributed by atoms with Gasteiger partial charge in [0, 0.05) is 11.7 Å². The van der Waals surface area contributed by atoms with Crippen molar-refractivity contribution in [2.45, 2.75) is 0 Å². The first kappa shape index (κ1) is 9.59. The molecule has 0 saturated heterocycles. The molecule has 0 aliphatic carbocycles. The molecule has 0 unspecified atom stereocenters. The summed E-state index contributed by atoms with van der Waals surface area (Å²) in [7, 11) is 0. The molecule has 0 bridgehead atoms. The zero-order valence-corrected chi connectivity index (χ0v) is 8.39. The molecule has 0 amide bonds. The Balaban J connectivity index is 0.000000124. The number of ether oxygens (including phenoxy) is 1. The maximum Gasteiger partial charge on any atom is 0.106 e. The van der Waals surface area contributed by atoms with Crippen LogP contribution in [-0.2, 0) is 4.74 Å². The molecule has 15 heavy (non-hydrogen) atoms. The number of para-hydroxylation sites is 1. The summed E-state index contributed by atoms with van der Waals surface area (Å²) in [5.41, 5.74) is 1.21. The number of allylic oxidation sites excluding steroid dienone is 2. The first-order chi connectivity index (χ1) is 7.47. The topological polar surface area (TPSA) is 25.0 Å². The van der Waals surface area contributed by atoms with E-state index in [0.29, 0.717) is 0 Å². The number of benzene rings is 1. The third-order valence-electron chi connectivity index (χ3n) is 2.08. The van der Waals surface area contributed by atoms with E-state index in [1.165, 1.54) is 10.9 Å². The highest BCUT2D eigenvalue weighted by atomic mass is 16.5. The van der Waals surface area contributed by atoms with Crippen molar-refractivity contribution < 1.29 is 4.74 Å². The fourth-order valence-electron chi connectivity index (χ4n) is 1.34. The van der Waals surface area contributed by atoms with Crippen LogP contribution in [-0.4, -0.2) is 11.6 Å². The Morgan fingerprint density at radius 3 is 2.60 bits per heavy atom. The Morgan fingerprint density at radius 1 is 1.07 bits per heavy atom. The second-order valence-corrected chi connectivity index (χ2v) is 3.15. The highest BCUT2D eigenvalue weighted by Crippen LogP contribution is 2.09. The fourth-order valence-corrected chi connectivity index (χ4v) is 1.34. The van der Waals surface area contributed by atoms with Crippen molar-refractivity contribution in [3.05, 3.63) is 61.0 Å².